The van der Waals surface area contributed by atoms with Crippen LogP contribution in [0.3, 0.4) is 0 Å². The van der Waals surface area contributed by atoms with Gasteiger partial charge >= 0.3 is 0 Å². The molecule has 190 valence electrons. The van der Waals surface area contributed by atoms with Gasteiger partial charge in [-0.15, -0.1) is 0 Å². The third-order valence-electron chi connectivity index (χ3n) is 8.74. The number of hydrogen-bond acceptors (Lipinski definition) is 0. The zero-order chi connectivity index (χ0) is 27.1. The molecule has 0 fully saturated rings. The fourth-order valence-electron chi connectivity index (χ4n) is 6.94. The number of rotatable bonds is 2. The first-order chi connectivity index (χ1) is 20.3. The number of benzene rings is 6. The number of aromatic nitrogens is 2. The molecule has 1 aliphatic rings. The molecule has 6 aromatic carbocycles. The monoisotopic (exact) mass is 521 g/mol. The Morgan fingerprint density at radius 1 is 0.463 bits per heavy atom. The van der Waals surface area contributed by atoms with Gasteiger partial charge in [-0.2, -0.15) is 0 Å². The summed E-state index contributed by atoms with van der Waals surface area (Å²) >= 11 is 0. The molecule has 0 saturated heterocycles. The first-order valence-corrected chi connectivity index (χ1v) is 13.9. The van der Waals surface area contributed by atoms with Crippen LogP contribution in [-0.2, 0) is 6.42 Å². The lowest BCUT2D eigenvalue weighted by molar-refractivity contribution is 1.16. The van der Waals surface area contributed by atoms with Crippen LogP contribution in [0.25, 0.3) is 71.0 Å². The van der Waals surface area contributed by atoms with Crippen LogP contribution in [0.2, 0.25) is 0 Å². The van der Waals surface area contributed by atoms with Crippen LogP contribution < -0.4 is 0 Å². The van der Waals surface area contributed by atoms with Crippen LogP contribution in [0.15, 0.2) is 127 Å². The van der Waals surface area contributed by atoms with Gasteiger partial charge in [-0.05, 0) is 88.7 Å². The second-order valence-electron chi connectivity index (χ2n) is 10.9. The van der Waals surface area contributed by atoms with Crippen molar-refractivity contribution in [1.82, 2.24) is 9.13 Å². The van der Waals surface area contributed by atoms with Gasteiger partial charge in [0.1, 0.15) is 0 Å². The minimum absolute atomic E-state index is 0.654. The largest absolute Gasteiger partial charge is 0.309 e. The average Bonchev–Trinajstić information content (AvgIpc) is 3.67. The Morgan fingerprint density at radius 2 is 1.02 bits per heavy atom. The molecule has 1 aliphatic carbocycles. The first kappa shape index (κ1) is 22.2. The molecule has 0 bridgehead atoms. The number of nitrogens with zero attached hydrogens (tertiary/aromatic N) is 3. The number of hydrogen-bond donors (Lipinski definition) is 0. The summed E-state index contributed by atoms with van der Waals surface area (Å²) in [5.74, 6) is 0. The third-order valence-corrected chi connectivity index (χ3v) is 8.74. The molecule has 9 rings (SSSR count). The van der Waals surface area contributed by atoms with Gasteiger partial charge in [0.25, 0.3) is 0 Å². The van der Waals surface area contributed by atoms with E-state index in [-0.39, 0.29) is 0 Å². The molecule has 3 heteroatoms. The van der Waals surface area contributed by atoms with E-state index in [1.54, 1.807) is 0 Å². The molecule has 0 saturated carbocycles. The van der Waals surface area contributed by atoms with Crippen molar-refractivity contribution in [3.63, 3.8) is 0 Å². The highest BCUT2D eigenvalue weighted by molar-refractivity contribution is 6.13. The molecule has 2 aromatic heterocycles. The zero-order valence-corrected chi connectivity index (χ0v) is 22.2. The Balaban J connectivity index is 1.34. The van der Waals surface area contributed by atoms with E-state index in [9.17, 15) is 0 Å². The van der Waals surface area contributed by atoms with Crippen LogP contribution in [-0.4, -0.2) is 9.13 Å². The lowest BCUT2D eigenvalue weighted by atomic mass is 10.1. The van der Waals surface area contributed by atoms with E-state index in [1.165, 1.54) is 44.1 Å². The number of fused-ring (bicyclic) bond motifs is 9. The Bertz CT molecular complexity index is 2360. The fourth-order valence-corrected chi connectivity index (χ4v) is 6.94. The lowest BCUT2D eigenvalue weighted by Crippen LogP contribution is -1.96. The van der Waals surface area contributed by atoms with Crippen molar-refractivity contribution in [2.45, 2.75) is 6.42 Å². The Morgan fingerprint density at radius 3 is 1.78 bits per heavy atom. The topological polar surface area (TPSA) is 14.2 Å². The summed E-state index contributed by atoms with van der Waals surface area (Å²) in [5, 5.41) is 4.74. The quantitative estimate of drug-likeness (QED) is 0.201. The summed E-state index contributed by atoms with van der Waals surface area (Å²) in [7, 11) is 0. The summed E-state index contributed by atoms with van der Waals surface area (Å²) < 4.78 is 4.72. The summed E-state index contributed by atoms with van der Waals surface area (Å²) in [4.78, 5) is 3.77. The maximum Gasteiger partial charge on any atom is 0.188 e. The molecular weight excluding hydrogens is 498 g/mol. The summed E-state index contributed by atoms with van der Waals surface area (Å²) in [6.07, 6.45) is 0.982. The molecule has 0 amide bonds. The van der Waals surface area contributed by atoms with Crippen molar-refractivity contribution < 1.29 is 0 Å². The van der Waals surface area contributed by atoms with E-state index in [2.05, 4.69) is 129 Å². The SMILES string of the molecule is [C-]#[N+]c1ccc2c(c1)c1cc(-n3c4ccccc4c4ccccc43)ccc1n2-c1ccc2c(c1)-c1ccccc1C2. The van der Waals surface area contributed by atoms with Gasteiger partial charge in [-0.1, -0.05) is 72.8 Å². The van der Waals surface area contributed by atoms with Gasteiger partial charge in [-0.3, -0.25) is 0 Å². The predicted molar refractivity (Wildman–Crippen MR) is 170 cm³/mol. The third kappa shape index (κ3) is 3.08. The van der Waals surface area contributed by atoms with Crippen molar-refractivity contribution in [1.29, 1.82) is 0 Å². The molecule has 3 nitrogen and oxygen atoms in total. The Hall–Kier alpha value is -5.59. The highest BCUT2D eigenvalue weighted by atomic mass is 15.0. The zero-order valence-electron chi connectivity index (χ0n) is 22.2. The smallest absolute Gasteiger partial charge is 0.188 e. The van der Waals surface area contributed by atoms with Crippen LogP contribution >= 0.6 is 0 Å². The van der Waals surface area contributed by atoms with E-state index in [0.717, 1.165) is 39.6 Å². The van der Waals surface area contributed by atoms with Gasteiger partial charge in [0.05, 0.1) is 28.6 Å². The molecule has 0 atom stereocenters. The van der Waals surface area contributed by atoms with Crippen molar-refractivity contribution >= 4 is 49.3 Å². The maximum absolute atomic E-state index is 7.70. The van der Waals surface area contributed by atoms with E-state index < -0.39 is 0 Å². The highest BCUT2D eigenvalue weighted by Crippen LogP contribution is 2.41. The van der Waals surface area contributed by atoms with Crippen LogP contribution in [0.4, 0.5) is 5.69 Å². The molecule has 41 heavy (non-hydrogen) atoms. The Labute approximate surface area is 236 Å². The van der Waals surface area contributed by atoms with Crippen LogP contribution in [0.1, 0.15) is 11.1 Å². The van der Waals surface area contributed by atoms with E-state index in [1.807, 2.05) is 12.1 Å². The summed E-state index contributed by atoms with van der Waals surface area (Å²) in [6, 6.07) is 45.7. The van der Waals surface area contributed by atoms with Gasteiger partial charge in [0.15, 0.2) is 5.69 Å². The summed E-state index contributed by atoms with van der Waals surface area (Å²) in [6.45, 7) is 7.70. The molecule has 0 unspecified atom stereocenters. The van der Waals surface area contributed by atoms with Crippen LogP contribution in [0, 0.1) is 6.57 Å². The molecule has 0 aliphatic heterocycles. The maximum atomic E-state index is 7.70. The van der Waals surface area contributed by atoms with E-state index in [4.69, 9.17) is 6.57 Å². The fraction of sp³-hybridized carbons (Fsp3) is 0.0263. The van der Waals surface area contributed by atoms with E-state index >= 15 is 0 Å². The van der Waals surface area contributed by atoms with Gasteiger partial charge in [-0.25, -0.2) is 4.85 Å². The molecule has 0 radical (unpaired) electrons. The second-order valence-corrected chi connectivity index (χ2v) is 10.9. The minimum atomic E-state index is 0.654. The molecule has 2 heterocycles. The Kier molecular flexibility index (Phi) is 4.45. The first-order valence-electron chi connectivity index (χ1n) is 13.9. The standard InChI is InChI=1S/C38H23N3/c1-39-26-15-18-37-33(21-26)34-23-28(40-35-12-6-4-10-30(35)31-11-5-7-13-36(31)40)17-19-38(34)41(37)27-16-14-25-20-24-8-2-3-9-29(24)32(25)22-27/h2-19,21-23H,20H2. The van der Waals surface area contributed by atoms with Crippen molar-refractivity contribution in [2.24, 2.45) is 0 Å². The number of para-hydroxylation sites is 2. The van der Waals surface area contributed by atoms with Gasteiger partial charge < -0.3 is 9.13 Å². The summed E-state index contributed by atoms with van der Waals surface area (Å²) in [5.41, 5.74) is 12.9. The van der Waals surface area contributed by atoms with Gasteiger partial charge in [0, 0.05) is 27.5 Å². The average molecular weight is 522 g/mol. The molecule has 8 aromatic rings. The van der Waals surface area contributed by atoms with Crippen molar-refractivity contribution in [2.75, 3.05) is 0 Å². The highest BCUT2D eigenvalue weighted by Gasteiger charge is 2.21. The van der Waals surface area contributed by atoms with E-state index in [0.29, 0.717) is 5.69 Å². The second kappa shape index (κ2) is 8.21. The molecule has 0 N–H and O–H groups in total. The predicted octanol–water partition coefficient (Wildman–Crippen LogP) is 10.0. The molecule has 0 spiro atoms. The van der Waals surface area contributed by atoms with Crippen molar-refractivity contribution in [3.8, 4) is 22.5 Å². The lowest BCUT2D eigenvalue weighted by Gasteiger charge is -2.12. The minimum Gasteiger partial charge on any atom is -0.309 e. The van der Waals surface area contributed by atoms with Gasteiger partial charge in [0.2, 0.25) is 0 Å². The molecular formula is C38H23N3. The van der Waals surface area contributed by atoms with Crippen molar-refractivity contribution in [3.05, 3.63) is 150 Å². The normalized spacial score (nSPS) is 12.3. The van der Waals surface area contributed by atoms with Crippen LogP contribution in [0.5, 0.6) is 0 Å².